The highest BCUT2D eigenvalue weighted by Crippen LogP contribution is 2.30. The summed E-state index contributed by atoms with van der Waals surface area (Å²) in [6, 6.07) is 10.6. The maximum absolute atomic E-state index is 13.2. The molecule has 1 fully saturated rings. The topological polar surface area (TPSA) is 87.8 Å². The number of nitrogens with zero attached hydrogens (tertiary/aromatic N) is 3. The summed E-state index contributed by atoms with van der Waals surface area (Å²) in [4.78, 5) is 4.82. The number of rotatable bonds is 6. The van der Waals surface area contributed by atoms with Gasteiger partial charge in [-0.15, -0.1) is 11.3 Å². The van der Waals surface area contributed by atoms with Gasteiger partial charge in [-0.3, -0.25) is 5.43 Å². The Morgan fingerprint density at radius 1 is 1.23 bits per heavy atom. The van der Waals surface area contributed by atoms with E-state index in [1.165, 1.54) is 11.3 Å². The van der Waals surface area contributed by atoms with Crippen LogP contribution < -0.4 is 5.43 Å². The second kappa shape index (κ2) is 8.71. The van der Waals surface area contributed by atoms with Crippen molar-refractivity contribution in [2.45, 2.75) is 25.2 Å². The third-order valence-corrected chi connectivity index (χ3v) is 7.58. The lowest BCUT2D eigenvalue weighted by atomic mass is 9.94. The molecule has 1 aliphatic rings. The first-order valence-electron chi connectivity index (χ1n) is 9.80. The first kappa shape index (κ1) is 20.8. The molecule has 2 unspecified atom stereocenters. The molecule has 1 aromatic carbocycles. The average molecular weight is 445 g/mol. The quantitative estimate of drug-likeness (QED) is 0.446. The van der Waals surface area contributed by atoms with Crippen molar-refractivity contribution in [3.8, 4) is 11.3 Å². The average Bonchev–Trinajstić information content (AvgIpc) is 3.40. The summed E-state index contributed by atoms with van der Waals surface area (Å²) >= 11 is 1.40. The van der Waals surface area contributed by atoms with Crippen molar-refractivity contribution >= 4 is 32.7 Å². The van der Waals surface area contributed by atoms with Crippen molar-refractivity contribution in [1.29, 1.82) is 0 Å². The molecule has 2 atom stereocenters. The van der Waals surface area contributed by atoms with Crippen LogP contribution in [-0.2, 0) is 10.0 Å². The Balaban J connectivity index is 1.51. The van der Waals surface area contributed by atoms with Gasteiger partial charge in [-0.1, -0.05) is 26.0 Å². The number of piperidine rings is 1. The van der Waals surface area contributed by atoms with E-state index in [4.69, 9.17) is 4.42 Å². The van der Waals surface area contributed by atoms with Crippen molar-refractivity contribution in [2.75, 3.05) is 18.5 Å². The van der Waals surface area contributed by atoms with Gasteiger partial charge >= 0.3 is 0 Å². The Hall–Kier alpha value is -2.49. The molecule has 0 bridgehead atoms. The Morgan fingerprint density at radius 2 is 2.03 bits per heavy atom. The lowest BCUT2D eigenvalue weighted by Gasteiger charge is -2.34. The molecule has 1 aliphatic heterocycles. The molecule has 30 heavy (non-hydrogen) atoms. The normalized spacial score (nSPS) is 20.6. The second-order valence-electron chi connectivity index (χ2n) is 7.72. The van der Waals surface area contributed by atoms with Gasteiger partial charge in [-0.2, -0.15) is 9.41 Å². The summed E-state index contributed by atoms with van der Waals surface area (Å²) in [5.41, 5.74) is 4.33. The van der Waals surface area contributed by atoms with Gasteiger partial charge in [-0.05, 0) is 42.5 Å². The maximum Gasteiger partial charge on any atom is 0.243 e. The number of hydrogen-bond donors (Lipinski definition) is 1. The van der Waals surface area contributed by atoms with E-state index in [1.54, 1.807) is 47.1 Å². The molecule has 3 heterocycles. The van der Waals surface area contributed by atoms with Crippen molar-refractivity contribution in [3.63, 3.8) is 0 Å². The smallest absolute Gasteiger partial charge is 0.243 e. The molecule has 2 aromatic heterocycles. The van der Waals surface area contributed by atoms with Crippen LogP contribution in [-0.4, -0.2) is 37.0 Å². The number of hydrazone groups is 1. The fraction of sp³-hybridized carbons (Fsp3) is 0.333. The first-order valence-corrected chi connectivity index (χ1v) is 12.1. The van der Waals surface area contributed by atoms with E-state index in [9.17, 15) is 8.42 Å². The molecule has 9 heteroatoms. The highest BCUT2D eigenvalue weighted by atomic mass is 32.2. The van der Waals surface area contributed by atoms with Crippen LogP contribution in [0.5, 0.6) is 0 Å². The second-order valence-corrected chi connectivity index (χ2v) is 10.5. The zero-order valence-electron chi connectivity index (χ0n) is 16.9. The highest BCUT2D eigenvalue weighted by Gasteiger charge is 2.31. The van der Waals surface area contributed by atoms with Crippen molar-refractivity contribution in [1.82, 2.24) is 9.29 Å². The van der Waals surface area contributed by atoms with Gasteiger partial charge in [0, 0.05) is 24.0 Å². The molecule has 4 rings (SSSR count). The van der Waals surface area contributed by atoms with Crippen LogP contribution in [0.15, 0.2) is 62.5 Å². The number of benzene rings is 1. The van der Waals surface area contributed by atoms with E-state index in [0.717, 1.165) is 12.0 Å². The molecular weight excluding hydrogens is 420 g/mol. The van der Waals surface area contributed by atoms with E-state index >= 15 is 0 Å². The largest absolute Gasteiger partial charge is 0.463 e. The molecule has 1 N–H and O–H groups in total. The monoisotopic (exact) mass is 444 g/mol. The minimum atomic E-state index is -3.53. The number of sulfonamides is 1. The lowest BCUT2D eigenvalue weighted by Crippen LogP contribution is -2.42. The SMILES string of the molecule is CC1CC(C)CN(S(=O)(=O)c2cccc(-c3csc(NN=Cc4ccco4)n3)c2)C1. The Morgan fingerprint density at radius 3 is 2.77 bits per heavy atom. The van der Waals surface area contributed by atoms with Crippen LogP contribution in [0.3, 0.4) is 0 Å². The summed E-state index contributed by atoms with van der Waals surface area (Å²) < 4.78 is 33.2. The number of anilines is 1. The molecule has 0 radical (unpaired) electrons. The molecule has 0 saturated carbocycles. The van der Waals surface area contributed by atoms with E-state index in [0.29, 0.717) is 46.4 Å². The predicted octanol–water partition coefficient (Wildman–Crippen LogP) is 4.52. The molecular formula is C21H24N4O3S2. The Bertz CT molecular complexity index is 1110. The standard InChI is InChI=1S/C21H24N4O3S2/c1-15-9-16(2)13-25(12-15)30(26,27)19-7-3-5-17(10-19)20-14-29-21(23-20)24-22-11-18-6-4-8-28-18/h3-8,10-11,14-16H,9,12-13H2,1-2H3,(H,23,24). The number of aromatic nitrogens is 1. The number of hydrogen-bond acceptors (Lipinski definition) is 7. The number of furan rings is 1. The zero-order valence-corrected chi connectivity index (χ0v) is 18.5. The summed E-state index contributed by atoms with van der Waals surface area (Å²) in [7, 11) is -3.53. The minimum Gasteiger partial charge on any atom is -0.463 e. The van der Waals surface area contributed by atoms with E-state index in [1.807, 2.05) is 11.4 Å². The van der Waals surface area contributed by atoms with Gasteiger partial charge < -0.3 is 4.42 Å². The van der Waals surface area contributed by atoms with Crippen molar-refractivity contribution < 1.29 is 12.8 Å². The highest BCUT2D eigenvalue weighted by molar-refractivity contribution is 7.89. The molecule has 7 nitrogen and oxygen atoms in total. The Kier molecular flexibility index (Phi) is 6.03. The third kappa shape index (κ3) is 4.63. The van der Waals surface area contributed by atoms with Crippen LogP contribution >= 0.6 is 11.3 Å². The molecule has 0 amide bonds. The summed E-state index contributed by atoms with van der Waals surface area (Å²) in [6.07, 6.45) is 4.20. The molecule has 1 saturated heterocycles. The molecule has 0 aliphatic carbocycles. The minimum absolute atomic E-state index is 0.305. The van der Waals surface area contributed by atoms with Gasteiger partial charge in [-0.25, -0.2) is 13.4 Å². The Labute approximate surface area is 180 Å². The van der Waals surface area contributed by atoms with Crippen LogP contribution in [0.1, 0.15) is 26.0 Å². The first-order chi connectivity index (χ1) is 14.4. The third-order valence-electron chi connectivity index (χ3n) is 5.00. The van der Waals surface area contributed by atoms with E-state index in [-0.39, 0.29) is 0 Å². The zero-order chi connectivity index (χ0) is 21.1. The number of thiazole rings is 1. The molecule has 158 valence electrons. The number of nitrogens with one attached hydrogen (secondary N) is 1. The fourth-order valence-corrected chi connectivity index (χ4v) is 6.14. The van der Waals surface area contributed by atoms with E-state index < -0.39 is 10.0 Å². The van der Waals surface area contributed by atoms with Gasteiger partial charge in [0.05, 0.1) is 23.1 Å². The molecule has 3 aromatic rings. The van der Waals surface area contributed by atoms with Gasteiger partial charge in [0.15, 0.2) is 0 Å². The van der Waals surface area contributed by atoms with Gasteiger partial charge in [0.1, 0.15) is 5.76 Å². The summed E-state index contributed by atoms with van der Waals surface area (Å²) in [5.74, 6) is 1.36. The van der Waals surface area contributed by atoms with Crippen LogP contribution in [0, 0.1) is 11.8 Å². The van der Waals surface area contributed by atoms with Gasteiger partial charge in [0.25, 0.3) is 0 Å². The molecule has 0 spiro atoms. The van der Waals surface area contributed by atoms with Gasteiger partial charge in [0.2, 0.25) is 15.2 Å². The maximum atomic E-state index is 13.2. The van der Waals surface area contributed by atoms with Crippen LogP contribution in [0.2, 0.25) is 0 Å². The van der Waals surface area contributed by atoms with Crippen LogP contribution in [0.4, 0.5) is 5.13 Å². The van der Waals surface area contributed by atoms with Crippen molar-refractivity contribution in [3.05, 3.63) is 53.8 Å². The predicted molar refractivity (Wildman–Crippen MR) is 119 cm³/mol. The van der Waals surface area contributed by atoms with Crippen LogP contribution in [0.25, 0.3) is 11.3 Å². The van der Waals surface area contributed by atoms with E-state index in [2.05, 4.69) is 29.4 Å². The van der Waals surface area contributed by atoms with Crippen molar-refractivity contribution in [2.24, 2.45) is 16.9 Å². The summed E-state index contributed by atoms with van der Waals surface area (Å²) in [6.45, 7) is 5.34. The lowest BCUT2D eigenvalue weighted by molar-refractivity contribution is 0.222. The summed E-state index contributed by atoms with van der Waals surface area (Å²) in [5, 5.41) is 6.59. The fourth-order valence-electron chi connectivity index (χ4n) is 3.74.